The molecular weight excluding hydrogens is 312 g/mol. The van der Waals surface area contributed by atoms with Gasteiger partial charge in [-0.25, -0.2) is 0 Å². The molecule has 0 spiro atoms. The molecule has 25 heavy (non-hydrogen) atoms. The van der Waals surface area contributed by atoms with Crippen LogP contribution in [0.3, 0.4) is 0 Å². The molecule has 4 aliphatic carbocycles. The third-order valence-corrected chi connectivity index (χ3v) is 8.40. The summed E-state index contributed by atoms with van der Waals surface area (Å²) in [6.07, 6.45) is 11.2. The van der Waals surface area contributed by atoms with Crippen LogP contribution in [0.25, 0.3) is 0 Å². The monoisotopic (exact) mass is 342 g/mol. The van der Waals surface area contributed by atoms with Gasteiger partial charge in [0.15, 0.2) is 11.6 Å². The summed E-state index contributed by atoms with van der Waals surface area (Å²) < 4.78 is 0. The third kappa shape index (κ3) is 2.27. The van der Waals surface area contributed by atoms with Crippen LogP contribution in [0.4, 0.5) is 0 Å². The molecule has 0 aliphatic heterocycles. The van der Waals surface area contributed by atoms with Crippen LogP contribution in [-0.2, 0) is 9.59 Å². The normalized spacial score (nSPS) is 48.4. The summed E-state index contributed by atoms with van der Waals surface area (Å²) in [5, 5.41) is 9.47. The number of allylic oxidation sites excluding steroid dienone is 4. The lowest BCUT2D eigenvalue weighted by Gasteiger charge is -2.56. The maximum atomic E-state index is 12.5. The minimum Gasteiger partial charge on any atom is -0.389 e. The zero-order valence-corrected chi connectivity index (χ0v) is 15.6. The zero-order valence-electron chi connectivity index (χ0n) is 15.6. The van der Waals surface area contributed by atoms with Gasteiger partial charge >= 0.3 is 0 Å². The minimum atomic E-state index is -0.319. The molecule has 4 aliphatic rings. The molecule has 1 unspecified atom stereocenters. The molecule has 0 saturated heterocycles. The van der Waals surface area contributed by atoms with Gasteiger partial charge in [-0.2, -0.15) is 0 Å². The maximum absolute atomic E-state index is 12.5. The Kier molecular flexibility index (Phi) is 3.88. The topological polar surface area (TPSA) is 54.4 Å². The summed E-state index contributed by atoms with van der Waals surface area (Å²) in [4.78, 5) is 24.3. The van der Waals surface area contributed by atoms with Crippen molar-refractivity contribution in [1.82, 2.24) is 0 Å². The molecule has 0 radical (unpaired) electrons. The molecule has 1 N–H and O–H groups in total. The van der Waals surface area contributed by atoms with Gasteiger partial charge in [-0.15, -0.1) is 0 Å². The molecule has 3 heteroatoms. The van der Waals surface area contributed by atoms with Crippen molar-refractivity contribution >= 4 is 11.6 Å². The lowest BCUT2D eigenvalue weighted by Crippen LogP contribution is -2.50. The van der Waals surface area contributed by atoms with Gasteiger partial charge in [-0.1, -0.05) is 32.4 Å². The highest BCUT2D eigenvalue weighted by atomic mass is 16.3. The third-order valence-electron chi connectivity index (χ3n) is 8.40. The van der Waals surface area contributed by atoms with Crippen LogP contribution in [0.5, 0.6) is 0 Å². The SMILES string of the molecule is CC1C[C@H]2[C@@H]3CCC4=CC(=O)C=C[C@]4(C)[C@H]3CC[C@]2(C)[C@H]1C(=O)CO. The average molecular weight is 342 g/mol. The van der Waals surface area contributed by atoms with E-state index in [9.17, 15) is 14.7 Å². The minimum absolute atomic E-state index is 0.0108. The molecule has 0 aromatic carbocycles. The number of aliphatic hydroxyl groups excluding tert-OH is 1. The zero-order chi connectivity index (χ0) is 18.0. The molecule has 7 atom stereocenters. The fourth-order valence-corrected chi connectivity index (χ4v) is 7.35. The van der Waals surface area contributed by atoms with Gasteiger partial charge in [-0.05, 0) is 73.3 Å². The van der Waals surface area contributed by atoms with Gasteiger partial charge in [0.25, 0.3) is 0 Å². The van der Waals surface area contributed by atoms with Crippen LogP contribution in [-0.4, -0.2) is 23.3 Å². The standard InChI is InChI=1S/C22H30O3/c1-13-10-18-16-5-4-14-11-15(24)6-8-21(14,2)17(16)7-9-22(18,3)20(13)19(25)12-23/h6,8,11,13,16-18,20,23H,4-5,7,9-10,12H2,1-3H3/t13?,16-,17+,18+,20-,21+,22+/m1/s1. The Bertz CT molecular complexity index is 675. The van der Waals surface area contributed by atoms with Gasteiger partial charge in [0.05, 0.1) is 0 Å². The second-order valence-corrected chi connectivity index (χ2v) is 9.46. The smallest absolute Gasteiger partial charge is 0.178 e. The molecule has 0 aromatic heterocycles. The number of carbonyl (C=O) groups excluding carboxylic acids is 2. The lowest BCUT2D eigenvalue weighted by molar-refractivity contribution is -0.133. The van der Waals surface area contributed by atoms with Crippen molar-refractivity contribution in [3.8, 4) is 0 Å². The molecule has 136 valence electrons. The Morgan fingerprint density at radius 1 is 1.28 bits per heavy atom. The maximum Gasteiger partial charge on any atom is 0.178 e. The van der Waals surface area contributed by atoms with Crippen LogP contribution >= 0.6 is 0 Å². The highest BCUT2D eigenvalue weighted by Gasteiger charge is 2.61. The fourth-order valence-electron chi connectivity index (χ4n) is 7.35. The summed E-state index contributed by atoms with van der Waals surface area (Å²) in [6, 6.07) is 0. The molecule has 0 amide bonds. The van der Waals surface area contributed by atoms with E-state index in [1.165, 1.54) is 5.57 Å². The second-order valence-electron chi connectivity index (χ2n) is 9.46. The first-order valence-electron chi connectivity index (χ1n) is 9.89. The quantitative estimate of drug-likeness (QED) is 0.832. The van der Waals surface area contributed by atoms with Gasteiger partial charge in [0.1, 0.15) is 6.61 Å². The summed E-state index contributed by atoms with van der Waals surface area (Å²) in [5.74, 6) is 2.31. The van der Waals surface area contributed by atoms with E-state index >= 15 is 0 Å². The molecule has 3 nitrogen and oxygen atoms in total. The van der Waals surface area contributed by atoms with Gasteiger partial charge in [-0.3, -0.25) is 9.59 Å². The second kappa shape index (κ2) is 5.64. The predicted molar refractivity (Wildman–Crippen MR) is 96.7 cm³/mol. The van der Waals surface area contributed by atoms with Crippen LogP contribution in [0.15, 0.2) is 23.8 Å². The van der Waals surface area contributed by atoms with E-state index in [1.54, 1.807) is 6.08 Å². The fraction of sp³-hybridized carbons (Fsp3) is 0.727. The van der Waals surface area contributed by atoms with Crippen molar-refractivity contribution in [3.05, 3.63) is 23.8 Å². The number of ketones is 2. The number of fused-ring (bicyclic) bond motifs is 5. The molecular formula is C22H30O3. The molecule has 4 rings (SSSR count). The average Bonchev–Trinajstić information content (AvgIpc) is 2.85. The Hall–Kier alpha value is -1.22. The van der Waals surface area contributed by atoms with E-state index in [0.717, 1.165) is 32.1 Å². The first kappa shape index (κ1) is 17.2. The molecule has 3 fully saturated rings. The Balaban J connectivity index is 1.68. The van der Waals surface area contributed by atoms with E-state index in [4.69, 9.17) is 0 Å². The van der Waals surface area contributed by atoms with Crippen molar-refractivity contribution in [1.29, 1.82) is 0 Å². The van der Waals surface area contributed by atoms with E-state index in [2.05, 4.69) is 26.8 Å². The molecule has 0 bridgehead atoms. The summed E-state index contributed by atoms with van der Waals surface area (Å²) in [6.45, 7) is 6.51. The lowest BCUT2D eigenvalue weighted by atomic mass is 9.47. The number of hydrogen-bond acceptors (Lipinski definition) is 3. The van der Waals surface area contributed by atoms with Crippen molar-refractivity contribution in [2.75, 3.05) is 6.61 Å². The van der Waals surface area contributed by atoms with Crippen LogP contribution in [0.1, 0.15) is 52.9 Å². The van der Waals surface area contributed by atoms with Crippen molar-refractivity contribution in [2.24, 2.45) is 40.4 Å². The summed E-state index contributed by atoms with van der Waals surface area (Å²) >= 11 is 0. The van der Waals surface area contributed by atoms with Gasteiger partial charge in [0.2, 0.25) is 0 Å². The van der Waals surface area contributed by atoms with E-state index in [-0.39, 0.29) is 34.9 Å². The summed E-state index contributed by atoms with van der Waals surface area (Å²) in [5.41, 5.74) is 1.37. The number of hydrogen-bond donors (Lipinski definition) is 1. The van der Waals surface area contributed by atoms with Crippen molar-refractivity contribution < 1.29 is 14.7 Å². The highest BCUT2D eigenvalue weighted by Crippen LogP contribution is 2.67. The van der Waals surface area contributed by atoms with E-state index in [1.807, 2.05) is 6.08 Å². The van der Waals surface area contributed by atoms with Crippen LogP contribution in [0.2, 0.25) is 0 Å². The van der Waals surface area contributed by atoms with Gasteiger partial charge < -0.3 is 5.11 Å². The Morgan fingerprint density at radius 2 is 2.04 bits per heavy atom. The van der Waals surface area contributed by atoms with E-state index < -0.39 is 0 Å². The molecule has 0 aromatic rings. The van der Waals surface area contributed by atoms with Crippen molar-refractivity contribution in [3.63, 3.8) is 0 Å². The molecule has 3 saturated carbocycles. The molecule has 0 heterocycles. The van der Waals surface area contributed by atoms with E-state index in [0.29, 0.717) is 23.7 Å². The highest BCUT2D eigenvalue weighted by molar-refractivity contribution is 6.01. The predicted octanol–water partition coefficient (Wildman–Crippen LogP) is 3.72. The first-order chi connectivity index (χ1) is 11.8. The van der Waals surface area contributed by atoms with Crippen LogP contribution in [0, 0.1) is 40.4 Å². The number of rotatable bonds is 2. The van der Waals surface area contributed by atoms with Crippen LogP contribution < -0.4 is 0 Å². The van der Waals surface area contributed by atoms with Crippen molar-refractivity contribution in [2.45, 2.75) is 52.9 Å². The first-order valence-corrected chi connectivity index (χ1v) is 9.89. The van der Waals surface area contributed by atoms with Gasteiger partial charge in [0, 0.05) is 11.3 Å². The number of Topliss-reactive ketones (excluding diaryl/α,β-unsaturated/α-hetero) is 1. The number of carbonyl (C=O) groups is 2. The number of aliphatic hydroxyl groups is 1. The summed E-state index contributed by atoms with van der Waals surface area (Å²) in [7, 11) is 0. The largest absolute Gasteiger partial charge is 0.389 e. The Morgan fingerprint density at radius 3 is 2.76 bits per heavy atom. The Labute approximate surface area is 150 Å².